The minimum Gasteiger partial charge on any atom is -0.332 e. The Balaban J connectivity index is 0.775. The molecule has 0 aromatic carbocycles. The van der Waals surface area contributed by atoms with E-state index in [1.807, 2.05) is 12.1 Å². The van der Waals surface area contributed by atoms with Crippen molar-refractivity contribution in [2.24, 2.45) is 23.7 Å². The normalized spacial score (nSPS) is 28.9. The van der Waals surface area contributed by atoms with Gasteiger partial charge in [-0.05, 0) is 152 Å². The maximum atomic E-state index is 14.0. The molecule has 2 aromatic rings. The Hall–Kier alpha value is -3.76. The van der Waals surface area contributed by atoms with Gasteiger partial charge in [0.1, 0.15) is 0 Å². The van der Waals surface area contributed by atoms with Gasteiger partial charge in [-0.25, -0.2) is 0 Å². The number of nitrogens with one attached hydrogen (secondary N) is 2. The van der Waals surface area contributed by atoms with E-state index in [0.29, 0.717) is 36.5 Å². The molecule has 56 heavy (non-hydrogen) atoms. The standard InChI is InChI=1S/C46H64N6O4/c1-31-25-33-27-39-37(13-15-41(53)47-39)45(29-31)35(33)11-9-21-51(45)43(55)17-23-49(3)19-7-5-6-8-20-50(4)24-18-44(56)52-22-10-12-36-34-26-32(2)30-46(36,52)38-14-16-42(54)48-40(38)28-34/h13-16,25-26,33-36H,5-12,17-24,27-30H2,1-4H3,(H,47,53)(H,48,54)/t33-,34-,35-,36-,45+,46+/m1/s1. The van der Waals surface area contributed by atoms with E-state index in [1.54, 1.807) is 12.1 Å². The molecule has 6 atom stereocenters. The van der Waals surface area contributed by atoms with E-state index in [9.17, 15) is 19.2 Å². The number of allylic oxidation sites excluding steroid dienone is 2. The van der Waals surface area contributed by atoms with Crippen LogP contribution < -0.4 is 11.1 Å². The van der Waals surface area contributed by atoms with Crippen LogP contribution in [0.5, 0.6) is 0 Å². The van der Waals surface area contributed by atoms with E-state index < -0.39 is 0 Å². The molecule has 10 nitrogen and oxygen atoms in total. The largest absolute Gasteiger partial charge is 0.332 e. The Morgan fingerprint density at radius 2 is 1.09 bits per heavy atom. The van der Waals surface area contributed by atoms with Crippen LogP contribution in [0.2, 0.25) is 0 Å². The number of aromatic amines is 2. The van der Waals surface area contributed by atoms with Crippen molar-refractivity contribution < 1.29 is 9.59 Å². The average Bonchev–Trinajstić information content (AvgIpc) is 3.16. The summed E-state index contributed by atoms with van der Waals surface area (Å²) in [5.41, 5.74) is 6.31. The van der Waals surface area contributed by atoms with Crippen LogP contribution in [0.25, 0.3) is 0 Å². The van der Waals surface area contributed by atoms with Crippen molar-refractivity contribution in [3.63, 3.8) is 0 Å². The molecule has 0 spiro atoms. The van der Waals surface area contributed by atoms with E-state index in [1.165, 1.54) is 22.3 Å². The number of H-pyrrole nitrogens is 2. The zero-order chi connectivity index (χ0) is 39.2. The summed E-state index contributed by atoms with van der Waals surface area (Å²) in [6.07, 6.45) is 18.1. The van der Waals surface area contributed by atoms with Crippen molar-refractivity contribution in [2.45, 2.75) is 115 Å². The number of amides is 2. The van der Waals surface area contributed by atoms with Crippen LogP contribution in [0.15, 0.2) is 57.2 Å². The zero-order valence-corrected chi connectivity index (χ0v) is 34.3. The molecule has 4 heterocycles. The number of carbonyl (C=O) groups is 2. The van der Waals surface area contributed by atoms with Crippen molar-refractivity contribution >= 4 is 11.8 Å². The van der Waals surface area contributed by atoms with Gasteiger partial charge in [-0.1, -0.05) is 36.1 Å². The number of hydrogen-bond acceptors (Lipinski definition) is 6. The highest BCUT2D eigenvalue weighted by Crippen LogP contribution is 2.58. The van der Waals surface area contributed by atoms with Gasteiger partial charge >= 0.3 is 0 Å². The van der Waals surface area contributed by atoms with E-state index in [0.717, 1.165) is 128 Å². The van der Waals surface area contributed by atoms with Crippen LogP contribution in [0, 0.1) is 23.7 Å². The molecule has 2 saturated heterocycles. The van der Waals surface area contributed by atoms with Gasteiger partial charge in [0.2, 0.25) is 22.9 Å². The van der Waals surface area contributed by atoms with Gasteiger partial charge in [-0.2, -0.15) is 0 Å². The van der Waals surface area contributed by atoms with E-state index >= 15 is 0 Å². The molecular weight excluding hydrogens is 701 g/mol. The summed E-state index contributed by atoms with van der Waals surface area (Å²) in [5.74, 6) is 2.04. The molecule has 2 N–H and O–H groups in total. The van der Waals surface area contributed by atoms with Crippen molar-refractivity contribution in [1.82, 2.24) is 29.6 Å². The molecule has 0 saturated carbocycles. The number of rotatable bonds is 13. The highest BCUT2D eigenvalue weighted by Gasteiger charge is 2.58. The van der Waals surface area contributed by atoms with Crippen LogP contribution in [-0.4, -0.2) is 94.7 Å². The second kappa shape index (κ2) is 15.9. The van der Waals surface area contributed by atoms with Gasteiger partial charge in [0.25, 0.3) is 0 Å². The van der Waals surface area contributed by atoms with Gasteiger partial charge in [-0.15, -0.1) is 0 Å². The van der Waals surface area contributed by atoms with Crippen LogP contribution in [0.4, 0.5) is 0 Å². The molecule has 8 rings (SSSR count). The van der Waals surface area contributed by atoms with Crippen molar-refractivity contribution in [1.29, 1.82) is 0 Å². The number of nitrogens with zero attached hydrogens (tertiary/aromatic N) is 4. The monoisotopic (exact) mass is 764 g/mol. The lowest BCUT2D eigenvalue weighted by Gasteiger charge is -2.59. The third-order valence-corrected chi connectivity index (χ3v) is 14.8. The Kier molecular flexibility index (Phi) is 11.1. The molecular formula is C46H64N6O4. The zero-order valence-electron chi connectivity index (χ0n) is 34.3. The van der Waals surface area contributed by atoms with Crippen LogP contribution in [0.1, 0.15) is 113 Å². The molecule has 6 aliphatic rings. The lowest BCUT2D eigenvalue weighted by Crippen LogP contribution is -2.62. The first-order valence-corrected chi connectivity index (χ1v) is 21.8. The third-order valence-electron chi connectivity index (χ3n) is 14.8. The Bertz CT molecular complexity index is 1860. The second-order valence-electron chi connectivity index (χ2n) is 18.5. The van der Waals surface area contributed by atoms with E-state index in [-0.39, 0.29) is 34.0 Å². The lowest BCUT2D eigenvalue weighted by atomic mass is 9.56. The number of carbonyl (C=O) groups excluding carboxylic acids is 2. The summed E-state index contributed by atoms with van der Waals surface area (Å²) in [5, 5.41) is 0. The molecule has 2 amide bonds. The summed E-state index contributed by atoms with van der Waals surface area (Å²) in [6, 6.07) is 7.33. The van der Waals surface area contributed by atoms with E-state index in [4.69, 9.17) is 0 Å². The van der Waals surface area contributed by atoms with E-state index in [2.05, 4.69) is 69.7 Å². The number of fused-ring (bicyclic) bond motifs is 2. The molecule has 2 aliphatic heterocycles. The fraction of sp³-hybridized carbons (Fsp3) is 0.652. The fourth-order valence-corrected chi connectivity index (χ4v) is 12.5. The number of piperidine rings is 2. The molecule has 4 bridgehead atoms. The first kappa shape index (κ1) is 39.1. The topological polar surface area (TPSA) is 113 Å². The Morgan fingerprint density at radius 3 is 1.52 bits per heavy atom. The first-order chi connectivity index (χ1) is 27.0. The van der Waals surface area contributed by atoms with Gasteiger partial charge < -0.3 is 29.6 Å². The quantitative estimate of drug-likeness (QED) is 0.195. The number of aromatic nitrogens is 2. The summed E-state index contributed by atoms with van der Waals surface area (Å²) < 4.78 is 0. The molecule has 2 fully saturated rings. The highest BCUT2D eigenvalue weighted by molar-refractivity contribution is 5.79. The minimum atomic E-state index is -0.341. The Labute approximate surface area is 332 Å². The molecule has 302 valence electrons. The Morgan fingerprint density at radius 1 is 0.661 bits per heavy atom. The fourth-order valence-electron chi connectivity index (χ4n) is 12.5. The van der Waals surface area contributed by atoms with Crippen molar-refractivity contribution in [3.05, 3.63) is 90.8 Å². The number of hydrogen-bond donors (Lipinski definition) is 2. The molecule has 0 radical (unpaired) electrons. The van der Waals surface area contributed by atoms with Crippen molar-refractivity contribution in [3.8, 4) is 0 Å². The van der Waals surface area contributed by atoms with Crippen molar-refractivity contribution in [2.75, 3.05) is 53.4 Å². The number of unbranched alkanes of at least 4 members (excludes halogenated alkanes) is 3. The van der Waals surface area contributed by atoms with Gasteiger partial charge in [-0.3, -0.25) is 19.2 Å². The molecule has 10 heteroatoms. The second-order valence-corrected chi connectivity index (χ2v) is 18.5. The minimum absolute atomic E-state index is 0.0557. The highest BCUT2D eigenvalue weighted by atomic mass is 16.2. The number of pyridine rings is 2. The van der Waals surface area contributed by atoms with Crippen LogP contribution in [-0.2, 0) is 33.5 Å². The number of likely N-dealkylation sites (tertiary alicyclic amines) is 2. The average molecular weight is 765 g/mol. The summed E-state index contributed by atoms with van der Waals surface area (Å²) in [6.45, 7) is 9.45. The first-order valence-electron chi connectivity index (χ1n) is 21.8. The lowest BCUT2D eigenvalue weighted by molar-refractivity contribution is -0.149. The van der Waals surface area contributed by atoms with Crippen LogP contribution >= 0.6 is 0 Å². The smallest absolute Gasteiger partial charge is 0.248 e. The molecule has 0 unspecified atom stereocenters. The third kappa shape index (κ3) is 7.07. The van der Waals surface area contributed by atoms with Gasteiger partial charge in [0.05, 0.1) is 11.1 Å². The van der Waals surface area contributed by atoms with Gasteiger partial charge in [0.15, 0.2) is 0 Å². The summed E-state index contributed by atoms with van der Waals surface area (Å²) in [7, 11) is 4.28. The maximum Gasteiger partial charge on any atom is 0.248 e. The molecule has 4 aliphatic carbocycles. The summed E-state index contributed by atoms with van der Waals surface area (Å²) in [4.78, 5) is 68.0. The SMILES string of the molecule is CC1=C[C@@H]2Cc3[nH]c(=O)ccc3[C@]3(C1)[C@@H]2CCCN3C(=O)CCN(C)CCCCCCN(C)CCC(=O)N1CCC[C@@H]2[C@@H]3C=C(C)C[C@@]21c1ccc(=O)[nH]c1C3. The maximum absolute atomic E-state index is 14.0. The van der Waals surface area contributed by atoms with Crippen LogP contribution in [0.3, 0.4) is 0 Å². The predicted molar refractivity (Wildman–Crippen MR) is 220 cm³/mol. The predicted octanol–water partition coefficient (Wildman–Crippen LogP) is 5.88. The molecule has 2 aromatic heterocycles. The summed E-state index contributed by atoms with van der Waals surface area (Å²) >= 11 is 0. The van der Waals surface area contributed by atoms with Gasteiger partial charge in [0, 0.05) is 62.5 Å².